The molecule has 1 aromatic rings. The van der Waals surface area contributed by atoms with Crippen molar-refractivity contribution >= 4 is 16.1 Å². The maximum absolute atomic E-state index is 10.5. The van der Waals surface area contributed by atoms with Crippen LogP contribution in [0.1, 0.15) is 19.4 Å². The van der Waals surface area contributed by atoms with Crippen LogP contribution >= 0.6 is 0 Å². The summed E-state index contributed by atoms with van der Waals surface area (Å²) in [5.41, 5.74) is 6.12. The van der Waals surface area contributed by atoms with E-state index in [1.54, 1.807) is 26.0 Å². The molecule has 0 fully saturated rings. The summed E-state index contributed by atoms with van der Waals surface area (Å²) in [6, 6.07) is 5.27. The molecule has 0 saturated carbocycles. The molecule has 7 heteroatoms. The van der Waals surface area contributed by atoms with E-state index in [-0.39, 0.29) is 10.8 Å². The number of rotatable bonds is 3. The summed E-state index contributed by atoms with van der Waals surface area (Å²) in [5, 5.41) is 8.23. The van der Waals surface area contributed by atoms with Crippen LogP contribution < -0.4 is 5.73 Å². The summed E-state index contributed by atoms with van der Waals surface area (Å²) >= 11 is 0. The predicted molar refractivity (Wildman–Crippen MR) is 71.4 cm³/mol. The van der Waals surface area contributed by atoms with Crippen molar-refractivity contribution < 1.29 is 22.9 Å². The predicted octanol–water partition coefficient (Wildman–Crippen LogP) is 1.30. The van der Waals surface area contributed by atoms with Crippen LogP contribution in [0.2, 0.25) is 0 Å². The average molecular weight is 289 g/mol. The van der Waals surface area contributed by atoms with Crippen LogP contribution in [0, 0.1) is 12.8 Å². The van der Waals surface area contributed by atoms with Crippen LogP contribution in [0.3, 0.4) is 0 Å². The van der Waals surface area contributed by atoms with Crippen molar-refractivity contribution in [1.82, 2.24) is 0 Å². The molecule has 4 N–H and O–H groups in total. The van der Waals surface area contributed by atoms with Gasteiger partial charge in [0, 0.05) is 0 Å². The van der Waals surface area contributed by atoms with E-state index in [1.807, 2.05) is 6.92 Å². The van der Waals surface area contributed by atoms with Gasteiger partial charge < -0.3 is 10.8 Å². The van der Waals surface area contributed by atoms with Crippen molar-refractivity contribution in [3.8, 4) is 0 Å². The van der Waals surface area contributed by atoms with Crippen LogP contribution in [-0.2, 0) is 14.9 Å². The van der Waals surface area contributed by atoms with Gasteiger partial charge in [0.15, 0.2) is 0 Å². The van der Waals surface area contributed by atoms with Crippen molar-refractivity contribution in [2.75, 3.05) is 0 Å². The third-order valence-corrected chi connectivity index (χ3v) is 3.19. The van der Waals surface area contributed by atoms with Crippen LogP contribution in [0.4, 0.5) is 0 Å². The van der Waals surface area contributed by atoms with Gasteiger partial charge in [0.1, 0.15) is 6.04 Å². The average Bonchev–Trinajstić information content (AvgIpc) is 2.27. The van der Waals surface area contributed by atoms with Gasteiger partial charge in [-0.05, 0) is 25.0 Å². The molecule has 0 aliphatic rings. The zero-order valence-electron chi connectivity index (χ0n) is 11.1. The first-order valence-electron chi connectivity index (χ1n) is 5.58. The van der Waals surface area contributed by atoms with Gasteiger partial charge in [0.05, 0.1) is 4.90 Å². The van der Waals surface area contributed by atoms with E-state index in [9.17, 15) is 13.2 Å². The molecule has 0 aliphatic carbocycles. The molecule has 0 heterocycles. The monoisotopic (exact) mass is 289 g/mol. The molecular weight excluding hydrogens is 270 g/mol. The molecule has 1 rings (SSSR count). The van der Waals surface area contributed by atoms with Crippen LogP contribution in [0.5, 0.6) is 0 Å². The molecule has 1 atom stereocenters. The first-order chi connectivity index (χ1) is 8.55. The molecule has 0 radical (unpaired) electrons. The van der Waals surface area contributed by atoms with Crippen molar-refractivity contribution in [3.63, 3.8) is 0 Å². The van der Waals surface area contributed by atoms with Gasteiger partial charge in [-0.2, -0.15) is 8.42 Å². The van der Waals surface area contributed by atoms with Gasteiger partial charge >= 0.3 is 5.97 Å². The molecule has 0 aliphatic heterocycles. The number of aliphatic carboxylic acids is 1. The second-order valence-corrected chi connectivity index (χ2v) is 5.82. The number of nitrogens with two attached hydrogens (primary N) is 1. The molecule has 0 spiro atoms. The molecular formula is C12H19NO5S. The Bertz CT molecular complexity index is 507. The molecule has 1 aromatic carbocycles. The number of aryl methyl sites for hydroxylation is 1. The Balaban J connectivity index is 0.000000362. The van der Waals surface area contributed by atoms with E-state index in [4.69, 9.17) is 15.4 Å². The first-order valence-corrected chi connectivity index (χ1v) is 7.02. The molecule has 0 aromatic heterocycles. The van der Waals surface area contributed by atoms with Crippen LogP contribution in [-0.4, -0.2) is 30.1 Å². The fraction of sp³-hybridized carbons (Fsp3) is 0.417. The highest BCUT2D eigenvalue weighted by Gasteiger charge is 2.14. The lowest BCUT2D eigenvalue weighted by Gasteiger charge is -2.07. The second-order valence-electron chi connectivity index (χ2n) is 4.40. The Morgan fingerprint density at radius 1 is 1.21 bits per heavy atom. The highest BCUT2D eigenvalue weighted by Crippen LogP contribution is 2.08. The van der Waals surface area contributed by atoms with E-state index in [1.165, 1.54) is 12.1 Å². The van der Waals surface area contributed by atoms with E-state index in [2.05, 4.69) is 0 Å². The minimum Gasteiger partial charge on any atom is -0.480 e. The lowest BCUT2D eigenvalue weighted by Crippen LogP contribution is -2.34. The van der Waals surface area contributed by atoms with E-state index in [0.29, 0.717) is 0 Å². The number of benzene rings is 1. The number of hydrogen-bond acceptors (Lipinski definition) is 4. The molecule has 19 heavy (non-hydrogen) atoms. The standard InChI is InChI=1S/C7H8O3S.C5H11NO2/c1-6-2-4-7(5-3-6)11(8,9)10;1-3(2)4(6)5(7)8/h2-5H,1H3,(H,8,9,10);3-4H,6H2,1-2H3,(H,7,8). The van der Waals surface area contributed by atoms with Crippen LogP contribution in [0.15, 0.2) is 29.2 Å². The normalized spacial score (nSPS) is 12.5. The van der Waals surface area contributed by atoms with Crippen molar-refractivity contribution in [2.45, 2.75) is 31.7 Å². The highest BCUT2D eigenvalue weighted by atomic mass is 32.2. The Morgan fingerprint density at radius 2 is 1.63 bits per heavy atom. The third kappa shape index (κ3) is 6.90. The molecule has 6 nitrogen and oxygen atoms in total. The van der Waals surface area contributed by atoms with Crippen molar-refractivity contribution in [1.29, 1.82) is 0 Å². The SMILES string of the molecule is CC(C)C(N)C(=O)O.Cc1ccc(S(=O)(=O)O)cc1. The number of hydrogen-bond donors (Lipinski definition) is 3. The molecule has 0 amide bonds. The lowest BCUT2D eigenvalue weighted by molar-refractivity contribution is -0.139. The Kier molecular flexibility index (Phi) is 6.68. The van der Waals surface area contributed by atoms with E-state index in [0.717, 1.165) is 5.56 Å². The van der Waals surface area contributed by atoms with Crippen LogP contribution in [0.25, 0.3) is 0 Å². The summed E-state index contributed by atoms with van der Waals surface area (Å²) in [6.45, 7) is 5.39. The molecule has 1 unspecified atom stereocenters. The summed E-state index contributed by atoms with van der Waals surface area (Å²) in [5.74, 6) is -0.910. The minimum atomic E-state index is -4.02. The fourth-order valence-corrected chi connectivity index (χ4v) is 1.48. The van der Waals surface area contributed by atoms with E-state index >= 15 is 0 Å². The number of carboxylic acids is 1. The zero-order valence-corrected chi connectivity index (χ0v) is 11.9. The second kappa shape index (κ2) is 7.22. The smallest absolute Gasteiger partial charge is 0.320 e. The Hall–Kier alpha value is -1.44. The summed E-state index contributed by atoms with van der Waals surface area (Å²) < 4.78 is 29.6. The van der Waals surface area contributed by atoms with Gasteiger partial charge in [-0.1, -0.05) is 31.5 Å². The summed E-state index contributed by atoms with van der Waals surface area (Å²) in [4.78, 5) is 9.95. The van der Waals surface area contributed by atoms with Gasteiger partial charge in [-0.25, -0.2) is 0 Å². The van der Waals surface area contributed by atoms with Crippen molar-refractivity contribution in [2.24, 2.45) is 11.7 Å². The maximum Gasteiger partial charge on any atom is 0.320 e. The highest BCUT2D eigenvalue weighted by molar-refractivity contribution is 7.85. The van der Waals surface area contributed by atoms with Gasteiger partial charge in [0.2, 0.25) is 0 Å². The van der Waals surface area contributed by atoms with Gasteiger partial charge in [-0.3, -0.25) is 9.35 Å². The largest absolute Gasteiger partial charge is 0.480 e. The van der Waals surface area contributed by atoms with Crippen molar-refractivity contribution in [3.05, 3.63) is 29.8 Å². The quantitative estimate of drug-likeness (QED) is 0.722. The minimum absolute atomic E-state index is 0.0208. The first kappa shape index (κ1) is 17.6. The van der Waals surface area contributed by atoms with E-state index < -0.39 is 22.1 Å². The molecule has 108 valence electrons. The summed E-state index contributed by atoms with van der Waals surface area (Å²) in [6.07, 6.45) is 0. The fourth-order valence-electron chi connectivity index (χ4n) is 0.995. The molecule has 0 bridgehead atoms. The Labute approximate surface area is 113 Å². The molecule has 0 saturated heterocycles. The number of carboxylic acid groups (broad SMARTS) is 1. The Morgan fingerprint density at radius 3 is 1.84 bits per heavy atom. The summed E-state index contributed by atoms with van der Waals surface area (Å²) in [7, 11) is -4.02. The topological polar surface area (TPSA) is 118 Å². The van der Waals surface area contributed by atoms with Gasteiger partial charge in [-0.15, -0.1) is 0 Å². The maximum atomic E-state index is 10.5. The number of carbonyl (C=O) groups is 1. The third-order valence-electron chi connectivity index (χ3n) is 2.32. The lowest BCUT2D eigenvalue weighted by atomic mass is 10.1. The zero-order chi connectivity index (χ0) is 15.2. The van der Waals surface area contributed by atoms with Gasteiger partial charge in [0.25, 0.3) is 10.1 Å².